The quantitative estimate of drug-likeness (QED) is 0.0761. The van der Waals surface area contributed by atoms with Gasteiger partial charge in [-0.15, -0.1) is 0 Å². The Kier molecular flexibility index (Phi) is 10.0. The minimum absolute atomic E-state index is 0. The second-order valence-corrected chi connectivity index (χ2v) is 12.2. The summed E-state index contributed by atoms with van der Waals surface area (Å²) in [6.45, 7) is 8.07. The number of ketones is 1. The van der Waals surface area contributed by atoms with Crippen LogP contribution in [0.2, 0.25) is 0 Å². The molecule has 1 N–H and O–H groups in total. The summed E-state index contributed by atoms with van der Waals surface area (Å²) in [5.74, 6) is 0.547. The summed E-state index contributed by atoms with van der Waals surface area (Å²) >= 11 is 0.201. The average Bonchev–Trinajstić information content (AvgIpc) is 3.27. The van der Waals surface area contributed by atoms with Crippen molar-refractivity contribution >= 4 is 72.4 Å². The Morgan fingerprint density at radius 3 is 2.35 bits per heavy atom. The van der Waals surface area contributed by atoms with Gasteiger partial charge in [0.1, 0.15) is 0 Å². The van der Waals surface area contributed by atoms with Gasteiger partial charge in [-0.3, -0.25) is 4.79 Å². The summed E-state index contributed by atoms with van der Waals surface area (Å²) in [7, 11) is 0. The fourth-order valence-corrected chi connectivity index (χ4v) is 7.66. The van der Waals surface area contributed by atoms with Gasteiger partial charge in [-0.2, -0.15) is 0 Å². The van der Waals surface area contributed by atoms with Crippen molar-refractivity contribution in [3.8, 4) is 0 Å². The first-order valence-corrected chi connectivity index (χ1v) is 15.6. The molecule has 3 aromatic carbocycles. The van der Waals surface area contributed by atoms with Gasteiger partial charge in [0.25, 0.3) is 0 Å². The molecule has 40 heavy (non-hydrogen) atoms. The van der Waals surface area contributed by atoms with Crippen LogP contribution in [-0.2, 0) is 24.9 Å². The van der Waals surface area contributed by atoms with Gasteiger partial charge >= 0.3 is 143 Å². The van der Waals surface area contributed by atoms with Crippen LogP contribution in [0, 0.1) is 17.9 Å². The van der Waals surface area contributed by atoms with Crippen LogP contribution < -0.4 is 0 Å². The topological polar surface area (TPSA) is 63.3 Å². The number of rotatable bonds is 7. The number of nitrogens with zero attached hydrogens (tertiary/aromatic N) is 1. The second-order valence-electron chi connectivity index (χ2n) is 9.96. The Labute approximate surface area is 254 Å². The number of aliphatic hydroxyl groups excluding tert-OH is 1. The number of aliphatic hydroxyl groups is 1. The fraction of sp³-hybridized carbons (Fsp3) is 0.294. The number of fused-ring (bicyclic) bond motifs is 3. The van der Waals surface area contributed by atoms with Gasteiger partial charge in [-0.05, 0) is 25.7 Å². The molecule has 0 bridgehead atoms. The number of carbonyl (C=O) groups excluding carboxylic acids is 1. The Bertz CT molecular complexity index is 1810. The molecular formula is C34H34IrNO3Se-. The average molecular weight is 776 g/mol. The standard InChI is InChI=1S/C21H10NOSe.C13H24O2.Ir/c1-2-5-13-11-18-14(10-12(13)4-1)21-20-16(8-9-22-21)23-15-6-3-7-17(24-18)19(15)20;1-5-10(6-2)12(14)9-13(15)11(7-3)8-4;/h1-9,11H;9-11,14H,5-8H2,1-4H3;/q-1;;/b;12-9-;. The maximum atomic E-state index is 11.7. The first kappa shape index (κ1) is 30.2. The van der Waals surface area contributed by atoms with E-state index in [1.165, 1.54) is 25.4 Å². The molecule has 0 saturated carbocycles. The number of aromatic nitrogens is 1. The molecular weight excluding hydrogens is 742 g/mol. The van der Waals surface area contributed by atoms with Crippen LogP contribution in [0.15, 0.2) is 77.0 Å². The maximum absolute atomic E-state index is 11.7. The van der Waals surface area contributed by atoms with E-state index in [1.54, 1.807) is 0 Å². The molecule has 4 nitrogen and oxygen atoms in total. The zero-order chi connectivity index (χ0) is 27.5. The molecule has 0 spiro atoms. The Balaban J connectivity index is 0.000000204. The van der Waals surface area contributed by atoms with Gasteiger partial charge in [-0.1, -0.05) is 27.7 Å². The Hall–Kier alpha value is -2.75. The van der Waals surface area contributed by atoms with Crippen molar-refractivity contribution < 1.29 is 34.4 Å². The fourth-order valence-electron chi connectivity index (χ4n) is 5.31. The monoisotopic (exact) mass is 777 g/mol. The van der Waals surface area contributed by atoms with E-state index in [0.29, 0.717) is 0 Å². The van der Waals surface area contributed by atoms with E-state index in [4.69, 9.17) is 9.40 Å². The summed E-state index contributed by atoms with van der Waals surface area (Å²) in [4.78, 5) is 16.4. The number of pyridine rings is 1. The van der Waals surface area contributed by atoms with Crippen molar-refractivity contribution in [1.82, 2.24) is 4.98 Å². The number of allylic oxidation sites excluding steroid dienone is 2. The third kappa shape index (κ3) is 5.83. The van der Waals surface area contributed by atoms with Gasteiger partial charge in [0, 0.05) is 38.0 Å². The number of hydrogen-bond donors (Lipinski definition) is 1. The van der Waals surface area contributed by atoms with Crippen LogP contribution in [0.1, 0.15) is 53.4 Å². The Morgan fingerprint density at radius 2 is 1.62 bits per heavy atom. The summed E-state index contributed by atoms with van der Waals surface area (Å²) in [5, 5.41) is 15.6. The molecule has 0 atom stereocenters. The first-order chi connectivity index (χ1) is 19.0. The molecule has 0 saturated heterocycles. The second kappa shape index (κ2) is 13.3. The van der Waals surface area contributed by atoms with Crippen LogP contribution in [-0.4, -0.2) is 30.4 Å². The molecule has 6 aromatic rings. The molecule has 0 aliphatic heterocycles. The van der Waals surface area contributed by atoms with E-state index in [1.807, 2.05) is 40.0 Å². The third-order valence-corrected chi connectivity index (χ3v) is 9.97. The van der Waals surface area contributed by atoms with E-state index in [2.05, 4.69) is 54.6 Å². The SMILES string of the molecule is CCC(CC)C(=O)/C=C(\O)C(CC)CC.[Ir].[c-]1c2ccccc2cc2[se]c3cccc4oc5ccnc(c12)c5c43. The predicted molar refractivity (Wildman–Crippen MR) is 164 cm³/mol. The molecule has 6 heteroatoms. The van der Waals surface area contributed by atoms with Crippen molar-refractivity contribution in [2.45, 2.75) is 53.4 Å². The van der Waals surface area contributed by atoms with Crippen LogP contribution in [0.4, 0.5) is 0 Å². The number of hydrogen-bond acceptors (Lipinski definition) is 4. The summed E-state index contributed by atoms with van der Waals surface area (Å²) in [6.07, 6.45) is 6.74. The van der Waals surface area contributed by atoms with Gasteiger partial charge in [0.2, 0.25) is 0 Å². The molecule has 209 valence electrons. The molecule has 0 aliphatic carbocycles. The van der Waals surface area contributed by atoms with E-state index in [-0.39, 0.29) is 58.0 Å². The van der Waals surface area contributed by atoms with Crippen molar-refractivity contribution in [2.24, 2.45) is 11.8 Å². The third-order valence-electron chi connectivity index (χ3n) is 7.66. The summed E-state index contributed by atoms with van der Waals surface area (Å²) in [5.41, 5.74) is 2.86. The van der Waals surface area contributed by atoms with E-state index in [0.717, 1.165) is 58.5 Å². The minimum atomic E-state index is 0. The molecule has 3 heterocycles. The van der Waals surface area contributed by atoms with Gasteiger partial charge in [-0.25, -0.2) is 0 Å². The zero-order valence-corrected chi connectivity index (χ0v) is 27.4. The van der Waals surface area contributed by atoms with E-state index < -0.39 is 0 Å². The predicted octanol–water partition coefficient (Wildman–Crippen LogP) is 9.17. The van der Waals surface area contributed by atoms with Crippen LogP contribution >= 0.6 is 0 Å². The Morgan fingerprint density at radius 1 is 0.925 bits per heavy atom. The van der Waals surface area contributed by atoms with E-state index >= 15 is 0 Å². The zero-order valence-electron chi connectivity index (χ0n) is 23.3. The van der Waals surface area contributed by atoms with Crippen molar-refractivity contribution in [1.29, 1.82) is 0 Å². The van der Waals surface area contributed by atoms with Crippen LogP contribution in [0.3, 0.4) is 0 Å². The van der Waals surface area contributed by atoms with Gasteiger partial charge in [0.05, 0.1) is 5.76 Å². The normalized spacial score (nSPS) is 12.0. The van der Waals surface area contributed by atoms with Gasteiger partial charge in [0.15, 0.2) is 5.78 Å². The van der Waals surface area contributed by atoms with Gasteiger partial charge < -0.3 is 5.11 Å². The van der Waals surface area contributed by atoms with Crippen molar-refractivity contribution in [3.63, 3.8) is 0 Å². The van der Waals surface area contributed by atoms with Crippen LogP contribution in [0.25, 0.3) is 52.1 Å². The molecule has 0 amide bonds. The molecule has 0 unspecified atom stereocenters. The molecule has 6 rings (SSSR count). The number of furan rings is 1. The molecule has 0 aliphatic rings. The van der Waals surface area contributed by atoms with Crippen molar-refractivity contribution in [3.05, 3.63) is 78.7 Å². The first-order valence-electron chi connectivity index (χ1n) is 13.9. The molecule has 1 radical (unpaired) electrons. The molecule has 0 fully saturated rings. The van der Waals surface area contributed by atoms with E-state index in [9.17, 15) is 9.90 Å². The molecule has 3 aromatic heterocycles. The summed E-state index contributed by atoms with van der Waals surface area (Å²) in [6, 6.07) is 22.7. The number of benzene rings is 3. The van der Waals surface area contributed by atoms with Crippen molar-refractivity contribution in [2.75, 3.05) is 0 Å². The number of carbonyl (C=O) groups is 1. The summed E-state index contributed by atoms with van der Waals surface area (Å²) < 4.78 is 8.76. The van der Waals surface area contributed by atoms with Crippen LogP contribution in [0.5, 0.6) is 0 Å².